The molecular formula is C17H14ClF4NO2. The smallest absolute Gasteiger partial charge is 0.420 e. The van der Waals surface area contributed by atoms with E-state index in [1.807, 2.05) is 13.8 Å². The van der Waals surface area contributed by atoms with E-state index in [2.05, 4.69) is 4.98 Å². The summed E-state index contributed by atoms with van der Waals surface area (Å²) in [6.07, 6.45) is -7.59. The summed E-state index contributed by atoms with van der Waals surface area (Å²) in [7, 11) is 0. The number of ether oxygens (including phenoxy) is 1. The Morgan fingerprint density at radius 2 is 1.96 bits per heavy atom. The van der Waals surface area contributed by atoms with Crippen molar-refractivity contribution < 1.29 is 27.4 Å². The third-order valence-electron chi connectivity index (χ3n) is 4.08. The molecule has 1 atom stereocenters. The highest BCUT2D eigenvalue weighted by Gasteiger charge is 2.43. The maximum Gasteiger partial charge on any atom is 0.420 e. The Bertz CT molecular complexity index is 836. The first-order valence-corrected chi connectivity index (χ1v) is 7.77. The lowest BCUT2D eigenvalue weighted by Gasteiger charge is -2.20. The maximum absolute atomic E-state index is 13.4. The molecule has 3 nitrogen and oxygen atoms in total. The number of halogens is 5. The van der Waals surface area contributed by atoms with Crippen LogP contribution in [-0.4, -0.2) is 22.9 Å². The van der Waals surface area contributed by atoms with Crippen molar-refractivity contribution in [1.82, 2.24) is 4.98 Å². The van der Waals surface area contributed by atoms with Crippen molar-refractivity contribution in [3.8, 4) is 17.0 Å². The topological polar surface area (TPSA) is 42.4 Å². The Kier molecular flexibility index (Phi) is 4.20. The van der Waals surface area contributed by atoms with Crippen molar-refractivity contribution in [2.75, 3.05) is 6.61 Å². The number of hydrogen-bond donors (Lipinski definition) is 1. The molecule has 1 aliphatic heterocycles. The van der Waals surface area contributed by atoms with Gasteiger partial charge in [0.15, 0.2) is 6.10 Å². The van der Waals surface area contributed by atoms with Gasteiger partial charge >= 0.3 is 6.18 Å². The van der Waals surface area contributed by atoms with Crippen molar-refractivity contribution in [1.29, 1.82) is 0 Å². The number of pyridine rings is 1. The second-order valence-electron chi connectivity index (χ2n) is 6.52. The lowest BCUT2D eigenvalue weighted by atomic mass is 9.86. The number of benzene rings is 1. The second-order valence-corrected chi connectivity index (χ2v) is 6.93. The fraction of sp³-hybridized carbons (Fsp3) is 0.353. The molecule has 0 saturated carbocycles. The van der Waals surface area contributed by atoms with Gasteiger partial charge in [0.05, 0.1) is 17.3 Å². The minimum absolute atomic E-state index is 0.0864. The van der Waals surface area contributed by atoms with Crippen molar-refractivity contribution >= 4 is 11.6 Å². The normalized spacial score (nSPS) is 17.1. The number of fused-ring (bicyclic) bond motifs is 1. The molecule has 1 aromatic carbocycles. The standard InChI is InChI=1S/C17H14ClF4NO2/c1-16(2)7-25-14-9(16)6-12(15(24)17(20,21)22)23-13(14)8-3-4-11(19)10(18)5-8/h3-6,15,24H,7H2,1-2H3. The Morgan fingerprint density at radius 3 is 2.56 bits per heavy atom. The van der Waals surface area contributed by atoms with Gasteiger partial charge in [0, 0.05) is 16.5 Å². The summed E-state index contributed by atoms with van der Waals surface area (Å²) in [4.78, 5) is 3.94. The highest BCUT2D eigenvalue weighted by atomic mass is 35.5. The number of aliphatic hydroxyl groups is 1. The molecule has 25 heavy (non-hydrogen) atoms. The molecule has 0 spiro atoms. The van der Waals surface area contributed by atoms with Crippen molar-refractivity contribution in [3.05, 3.63) is 46.4 Å². The van der Waals surface area contributed by atoms with Gasteiger partial charge in [-0.2, -0.15) is 13.2 Å². The zero-order valence-electron chi connectivity index (χ0n) is 13.3. The van der Waals surface area contributed by atoms with Gasteiger partial charge in [-0.25, -0.2) is 9.37 Å². The summed E-state index contributed by atoms with van der Waals surface area (Å²) < 4.78 is 57.8. The van der Waals surface area contributed by atoms with Gasteiger partial charge in [-0.15, -0.1) is 0 Å². The van der Waals surface area contributed by atoms with Crippen LogP contribution in [0, 0.1) is 5.82 Å². The molecule has 0 radical (unpaired) electrons. The average molecular weight is 376 g/mol. The van der Waals surface area contributed by atoms with Crippen molar-refractivity contribution in [3.63, 3.8) is 0 Å². The maximum atomic E-state index is 13.4. The van der Waals surface area contributed by atoms with Crippen molar-refractivity contribution in [2.24, 2.45) is 0 Å². The minimum Gasteiger partial charge on any atom is -0.490 e. The number of aliphatic hydroxyl groups excluding tert-OH is 1. The van der Waals surface area contributed by atoms with E-state index in [1.165, 1.54) is 18.2 Å². The number of rotatable bonds is 2. The SMILES string of the molecule is CC1(C)COc2c1cc(C(O)C(F)(F)F)nc2-c1ccc(F)c(Cl)c1. The van der Waals surface area contributed by atoms with E-state index in [1.54, 1.807) is 0 Å². The van der Waals surface area contributed by atoms with E-state index in [0.717, 1.165) is 6.07 Å². The average Bonchev–Trinajstić information content (AvgIpc) is 2.83. The molecule has 1 aliphatic rings. The van der Waals surface area contributed by atoms with Crippen LogP contribution in [0.25, 0.3) is 11.3 Å². The molecule has 3 rings (SSSR count). The van der Waals surface area contributed by atoms with Crippen LogP contribution in [-0.2, 0) is 5.41 Å². The minimum atomic E-state index is -4.86. The van der Waals surface area contributed by atoms with E-state index < -0.39 is 29.2 Å². The molecule has 0 aliphatic carbocycles. The molecule has 2 heterocycles. The van der Waals surface area contributed by atoms with E-state index in [0.29, 0.717) is 16.9 Å². The number of alkyl halides is 3. The van der Waals surface area contributed by atoms with Gasteiger partial charge in [0.1, 0.15) is 17.3 Å². The van der Waals surface area contributed by atoms with Crippen LogP contribution >= 0.6 is 11.6 Å². The van der Waals surface area contributed by atoms with Gasteiger partial charge in [-0.1, -0.05) is 25.4 Å². The molecule has 1 aromatic heterocycles. The largest absolute Gasteiger partial charge is 0.490 e. The number of hydrogen-bond acceptors (Lipinski definition) is 3. The Morgan fingerprint density at radius 1 is 1.28 bits per heavy atom. The van der Waals surface area contributed by atoms with Gasteiger partial charge in [0.2, 0.25) is 0 Å². The summed E-state index contributed by atoms with van der Waals surface area (Å²) in [5.74, 6) is -0.347. The molecule has 134 valence electrons. The molecule has 2 aromatic rings. The van der Waals surface area contributed by atoms with Crippen LogP contribution in [0.1, 0.15) is 31.2 Å². The second kappa shape index (κ2) is 5.85. The first kappa shape index (κ1) is 17.9. The molecule has 1 N–H and O–H groups in total. The summed E-state index contributed by atoms with van der Waals surface area (Å²) >= 11 is 5.77. The number of nitrogens with zero attached hydrogens (tertiary/aromatic N) is 1. The first-order valence-electron chi connectivity index (χ1n) is 7.39. The Hall–Kier alpha value is -1.86. The monoisotopic (exact) mass is 375 g/mol. The van der Waals surface area contributed by atoms with Gasteiger partial charge < -0.3 is 9.84 Å². The Balaban J connectivity index is 2.24. The first-order chi connectivity index (χ1) is 11.5. The predicted molar refractivity (Wildman–Crippen MR) is 84.2 cm³/mol. The van der Waals surface area contributed by atoms with Crippen molar-refractivity contribution in [2.45, 2.75) is 31.5 Å². The van der Waals surface area contributed by atoms with E-state index >= 15 is 0 Å². The molecule has 0 fully saturated rings. The fourth-order valence-electron chi connectivity index (χ4n) is 2.68. The van der Waals surface area contributed by atoms with E-state index in [-0.39, 0.29) is 17.3 Å². The van der Waals surface area contributed by atoms with Gasteiger partial charge in [0.25, 0.3) is 0 Å². The Labute approximate surface area is 146 Å². The zero-order valence-corrected chi connectivity index (χ0v) is 14.0. The van der Waals surface area contributed by atoms with Gasteiger partial charge in [-0.3, -0.25) is 0 Å². The van der Waals surface area contributed by atoms with Crippen LogP contribution < -0.4 is 4.74 Å². The molecule has 0 saturated heterocycles. The summed E-state index contributed by atoms with van der Waals surface area (Å²) in [6, 6.07) is 4.91. The van der Waals surface area contributed by atoms with Crippen LogP contribution in [0.15, 0.2) is 24.3 Å². The quantitative estimate of drug-likeness (QED) is 0.766. The predicted octanol–water partition coefficient (Wildman–Crippen LogP) is 4.81. The zero-order chi connectivity index (χ0) is 18.6. The molecular weight excluding hydrogens is 362 g/mol. The van der Waals surface area contributed by atoms with Crippen LogP contribution in [0.3, 0.4) is 0 Å². The summed E-state index contributed by atoms with van der Waals surface area (Å²) in [5.41, 5.74) is -0.215. The summed E-state index contributed by atoms with van der Waals surface area (Å²) in [6.45, 7) is 3.87. The van der Waals surface area contributed by atoms with Crippen LogP contribution in [0.2, 0.25) is 5.02 Å². The molecule has 0 bridgehead atoms. The summed E-state index contributed by atoms with van der Waals surface area (Å²) in [5, 5.41) is 9.43. The third kappa shape index (κ3) is 3.18. The third-order valence-corrected chi connectivity index (χ3v) is 4.37. The lowest BCUT2D eigenvalue weighted by Crippen LogP contribution is -2.23. The van der Waals surface area contributed by atoms with Crippen LogP contribution in [0.5, 0.6) is 5.75 Å². The molecule has 8 heteroatoms. The van der Waals surface area contributed by atoms with Gasteiger partial charge in [-0.05, 0) is 24.3 Å². The van der Waals surface area contributed by atoms with E-state index in [4.69, 9.17) is 16.3 Å². The lowest BCUT2D eigenvalue weighted by molar-refractivity contribution is -0.207. The van der Waals surface area contributed by atoms with Crippen LogP contribution in [0.4, 0.5) is 17.6 Å². The van der Waals surface area contributed by atoms with E-state index in [9.17, 15) is 22.7 Å². The molecule has 0 amide bonds. The highest BCUT2D eigenvalue weighted by molar-refractivity contribution is 6.31. The highest BCUT2D eigenvalue weighted by Crippen LogP contribution is 2.46. The fourth-order valence-corrected chi connectivity index (χ4v) is 2.86. The molecule has 1 unspecified atom stereocenters. The number of aromatic nitrogens is 1.